The minimum absolute atomic E-state index is 0.564. The summed E-state index contributed by atoms with van der Waals surface area (Å²) in [6.45, 7) is 15.2. The summed E-state index contributed by atoms with van der Waals surface area (Å²) >= 11 is -2.48. The Morgan fingerprint density at radius 2 is 1.30 bits per heavy atom. The van der Waals surface area contributed by atoms with Gasteiger partial charge in [0.15, 0.2) is 0 Å². The van der Waals surface area contributed by atoms with E-state index in [-0.39, 0.29) is 0 Å². The van der Waals surface area contributed by atoms with Crippen molar-refractivity contribution in [2.24, 2.45) is 0 Å². The average molecular weight is 391 g/mol. The van der Waals surface area contributed by atoms with Gasteiger partial charge in [0.25, 0.3) is 0 Å². The Labute approximate surface area is 130 Å². The average Bonchev–Trinajstić information content (AvgIpc) is 2.46. The van der Waals surface area contributed by atoms with Crippen LogP contribution in [0.2, 0.25) is 13.3 Å². The van der Waals surface area contributed by atoms with Crippen LogP contribution in [-0.4, -0.2) is 29.2 Å². The second-order valence-corrected chi connectivity index (χ2v) is 20.0. The Bertz CT molecular complexity index is 252. The van der Waals surface area contributed by atoms with Crippen LogP contribution in [-0.2, 0) is 4.89 Å². The molecule has 20 heavy (non-hydrogen) atoms. The molecule has 0 heterocycles. The van der Waals surface area contributed by atoms with Gasteiger partial charge in [-0.1, -0.05) is 0 Å². The molecule has 120 valence electrons. The SMILES string of the molecule is C=[C](C(C)(C)OO)[Sn]([CH2]CCC)([CH2]CCC)[CH2]CCC. The van der Waals surface area contributed by atoms with E-state index in [1.54, 1.807) is 0 Å². The van der Waals surface area contributed by atoms with Crippen molar-refractivity contribution in [3.8, 4) is 0 Å². The molecule has 0 fully saturated rings. The minimum atomic E-state index is -2.48. The molecule has 0 amide bonds. The van der Waals surface area contributed by atoms with Gasteiger partial charge in [-0.15, -0.1) is 0 Å². The fraction of sp³-hybridized carbons (Fsp3) is 0.882. The van der Waals surface area contributed by atoms with Crippen molar-refractivity contribution in [3.05, 3.63) is 10.2 Å². The van der Waals surface area contributed by atoms with Crippen molar-refractivity contribution >= 4 is 18.4 Å². The van der Waals surface area contributed by atoms with Crippen molar-refractivity contribution in [2.45, 2.75) is 92.1 Å². The predicted octanol–water partition coefficient (Wildman–Crippen LogP) is 6.20. The molecule has 0 saturated carbocycles. The summed E-state index contributed by atoms with van der Waals surface area (Å²) in [5.41, 5.74) is -0.564. The maximum absolute atomic E-state index is 9.28. The Balaban J connectivity index is 5.26. The molecular weight excluding hydrogens is 355 g/mol. The second-order valence-electron chi connectivity index (χ2n) is 6.67. The summed E-state index contributed by atoms with van der Waals surface area (Å²) in [4.78, 5) is 4.80. The van der Waals surface area contributed by atoms with Crippen LogP contribution >= 0.6 is 0 Å². The van der Waals surface area contributed by atoms with E-state index in [4.69, 9.17) is 4.89 Å². The normalized spacial score (nSPS) is 12.7. The van der Waals surface area contributed by atoms with Crippen molar-refractivity contribution < 1.29 is 10.1 Å². The molecule has 3 heteroatoms. The van der Waals surface area contributed by atoms with Crippen molar-refractivity contribution in [1.29, 1.82) is 0 Å². The van der Waals surface area contributed by atoms with E-state index in [0.29, 0.717) is 0 Å². The fourth-order valence-corrected chi connectivity index (χ4v) is 20.4. The molecule has 0 radical (unpaired) electrons. The summed E-state index contributed by atoms with van der Waals surface area (Å²) in [5, 5.41) is 9.28. The Kier molecular flexibility index (Phi) is 10.5. The van der Waals surface area contributed by atoms with E-state index in [1.165, 1.54) is 55.4 Å². The molecule has 2 nitrogen and oxygen atoms in total. The first-order chi connectivity index (χ1) is 9.40. The van der Waals surface area contributed by atoms with Crippen LogP contribution in [0.25, 0.3) is 0 Å². The Hall–Kier alpha value is 0.459. The number of rotatable bonds is 12. The van der Waals surface area contributed by atoms with Crippen LogP contribution in [0.3, 0.4) is 0 Å². The van der Waals surface area contributed by atoms with E-state index < -0.39 is 24.0 Å². The maximum atomic E-state index is 9.28. The first-order valence-electron chi connectivity index (χ1n) is 8.42. The molecule has 0 aliphatic carbocycles. The summed E-state index contributed by atoms with van der Waals surface area (Å²) in [6.07, 6.45) is 7.69. The quantitative estimate of drug-likeness (QED) is 0.244. The first kappa shape index (κ1) is 20.5. The van der Waals surface area contributed by atoms with Crippen LogP contribution in [0.1, 0.15) is 73.1 Å². The standard InChI is InChI=1S/C5H9O2.3C4H9.Sn/c1-4-5(2,3)7-6;3*1-3-4-2;/h6H,1H2,2-3H3;3*1,3-4H2,2H3;. The molecule has 0 rings (SSSR count). The molecule has 1 N–H and O–H groups in total. The van der Waals surface area contributed by atoms with Crippen molar-refractivity contribution in [3.63, 3.8) is 0 Å². The van der Waals surface area contributed by atoms with Crippen LogP contribution in [0.15, 0.2) is 10.2 Å². The van der Waals surface area contributed by atoms with E-state index in [1.807, 2.05) is 13.8 Å². The van der Waals surface area contributed by atoms with Gasteiger partial charge in [0.1, 0.15) is 0 Å². The van der Waals surface area contributed by atoms with Gasteiger partial charge in [0.2, 0.25) is 0 Å². The third-order valence-corrected chi connectivity index (χ3v) is 21.2. The molecule has 0 aromatic heterocycles. The van der Waals surface area contributed by atoms with Gasteiger partial charge in [-0.3, -0.25) is 0 Å². The number of unbranched alkanes of at least 4 members (excludes halogenated alkanes) is 3. The van der Waals surface area contributed by atoms with Crippen LogP contribution in [0, 0.1) is 0 Å². The fourth-order valence-electron chi connectivity index (χ4n) is 3.07. The van der Waals surface area contributed by atoms with Crippen LogP contribution in [0.4, 0.5) is 0 Å². The van der Waals surface area contributed by atoms with Gasteiger partial charge < -0.3 is 0 Å². The van der Waals surface area contributed by atoms with Gasteiger partial charge in [-0.25, -0.2) is 0 Å². The molecule has 0 spiro atoms. The summed E-state index contributed by atoms with van der Waals surface area (Å²) in [6, 6.07) is 0. The molecule has 0 aliphatic rings. The van der Waals surface area contributed by atoms with E-state index >= 15 is 0 Å². The molecule has 0 unspecified atom stereocenters. The zero-order valence-electron chi connectivity index (χ0n) is 14.4. The molecule has 0 aromatic carbocycles. The van der Waals surface area contributed by atoms with Crippen molar-refractivity contribution in [1.82, 2.24) is 0 Å². The van der Waals surface area contributed by atoms with E-state index in [0.717, 1.165) is 0 Å². The molecular formula is C17H36O2Sn. The number of hydrogen-bond acceptors (Lipinski definition) is 2. The van der Waals surface area contributed by atoms with Crippen LogP contribution < -0.4 is 0 Å². The molecule has 0 aromatic rings. The van der Waals surface area contributed by atoms with Gasteiger partial charge >= 0.3 is 131 Å². The zero-order valence-corrected chi connectivity index (χ0v) is 17.3. The van der Waals surface area contributed by atoms with Gasteiger partial charge in [0.05, 0.1) is 0 Å². The summed E-state index contributed by atoms with van der Waals surface area (Å²) < 4.78 is 5.40. The van der Waals surface area contributed by atoms with Crippen LogP contribution in [0.5, 0.6) is 0 Å². The van der Waals surface area contributed by atoms with Gasteiger partial charge in [-0.2, -0.15) is 0 Å². The number of hydrogen-bond donors (Lipinski definition) is 1. The third-order valence-electron chi connectivity index (χ3n) is 4.62. The zero-order chi connectivity index (χ0) is 15.6. The predicted molar refractivity (Wildman–Crippen MR) is 91.8 cm³/mol. The molecule has 0 saturated heterocycles. The van der Waals surface area contributed by atoms with E-state index in [9.17, 15) is 5.26 Å². The summed E-state index contributed by atoms with van der Waals surface area (Å²) in [5.74, 6) is 0. The monoisotopic (exact) mass is 392 g/mol. The van der Waals surface area contributed by atoms with Gasteiger partial charge in [-0.05, 0) is 0 Å². The first-order valence-corrected chi connectivity index (χ1v) is 15.9. The third kappa shape index (κ3) is 6.06. The van der Waals surface area contributed by atoms with E-state index in [2.05, 4.69) is 27.4 Å². The Morgan fingerprint density at radius 3 is 1.55 bits per heavy atom. The molecule has 0 bridgehead atoms. The topological polar surface area (TPSA) is 29.5 Å². The second kappa shape index (κ2) is 10.2. The molecule has 0 aliphatic heterocycles. The molecule has 0 atom stereocenters. The van der Waals surface area contributed by atoms with Crippen molar-refractivity contribution in [2.75, 3.05) is 0 Å². The summed E-state index contributed by atoms with van der Waals surface area (Å²) in [7, 11) is 0. The van der Waals surface area contributed by atoms with Gasteiger partial charge in [0, 0.05) is 0 Å². The Morgan fingerprint density at radius 1 is 0.950 bits per heavy atom.